The van der Waals surface area contributed by atoms with Crippen LogP contribution in [0.1, 0.15) is 11.3 Å². The summed E-state index contributed by atoms with van der Waals surface area (Å²) in [5.74, 6) is 0.407. The Balaban J connectivity index is 1.98. The maximum atomic E-state index is 11.8. The van der Waals surface area contributed by atoms with Crippen molar-refractivity contribution < 1.29 is 9.53 Å². The van der Waals surface area contributed by atoms with E-state index in [0.717, 1.165) is 11.3 Å². The van der Waals surface area contributed by atoms with Crippen molar-refractivity contribution in [1.82, 2.24) is 10.2 Å². The van der Waals surface area contributed by atoms with Crippen LogP contribution in [0.2, 0.25) is 15.1 Å². The van der Waals surface area contributed by atoms with Crippen LogP contribution >= 0.6 is 34.8 Å². The van der Waals surface area contributed by atoms with Crippen molar-refractivity contribution in [3.05, 3.63) is 38.5 Å². The third-order valence-corrected chi connectivity index (χ3v) is 3.86. The van der Waals surface area contributed by atoms with Gasteiger partial charge in [0.25, 0.3) is 5.91 Å². The van der Waals surface area contributed by atoms with Gasteiger partial charge in [0.15, 0.2) is 12.4 Å². The number of aryl methyl sites for hydroxylation is 1. The number of anilines is 1. The quantitative estimate of drug-likeness (QED) is 0.821. The molecule has 0 unspecified atom stereocenters. The lowest BCUT2D eigenvalue weighted by molar-refractivity contribution is -0.118. The van der Waals surface area contributed by atoms with Gasteiger partial charge < -0.3 is 10.1 Å². The number of ether oxygens (including phenoxy) is 1. The summed E-state index contributed by atoms with van der Waals surface area (Å²) in [6.45, 7) is 3.50. The first-order chi connectivity index (χ1) is 9.88. The highest BCUT2D eigenvalue weighted by atomic mass is 35.5. The first-order valence-corrected chi connectivity index (χ1v) is 7.10. The van der Waals surface area contributed by atoms with Crippen molar-refractivity contribution in [2.75, 3.05) is 11.9 Å². The van der Waals surface area contributed by atoms with Gasteiger partial charge in [-0.2, -0.15) is 5.10 Å². The van der Waals surface area contributed by atoms with E-state index < -0.39 is 0 Å². The zero-order chi connectivity index (χ0) is 15.6. The highest BCUT2D eigenvalue weighted by molar-refractivity contribution is 6.43. The highest BCUT2D eigenvalue weighted by Crippen LogP contribution is 2.33. The van der Waals surface area contributed by atoms with Crippen molar-refractivity contribution in [2.24, 2.45) is 0 Å². The minimum atomic E-state index is -0.355. The van der Waals surface area contributed by atoms with Crippen LogP contribution in [0, 0.1) is 13.8 Å². The lowest BCUT2D eigenvalue weighted by atomic mass is 10.3. The Morgan fingerprint density at radius 1 is 1.24 bits per heavy atom. The van der Waals surface area contributed by atoms with E-state index in [9.17, 15) is 4.79 Å². The largest absolute Gasteiger partial charge is 0.482 e. The minimum Gasteiger partial charge on any atom is -0.482 e. The fourth-order valence-corrected chi connectivity index (χ4v) is 2.12. The molecule has 2 N–H and O–H groups in total. The topological polar surface area (TPSA) is 67.0 Å². The van der Waals surface area contributed by atoms with Crippen LogP contribution < -0.4 is 10.1 Å². The van der Waals surface area contributed by atoms with E-state index in [1.165, 1.54) is 12.1 Å². The molecule has 5 nitrogen and oxygen atoms in total. The van der Waals surface area contributed by atoms with Crippen LogP contribution in [0.25, 0.3) is 0 Å². The molecule has 0 fully saturated rings. The molecule has 1 aromatic carbocycles. The van der Waals surface area contributed by atoms with Crippen molar-refractivity contribution in [3.8, 4) is 5.75 Å². The van der Waals surface area contributed by atoms with E-state index in [4.69, 9.17) is 39.5 Å². The lowest BCUT2D eigenvalue weighted by Crippen LogP contribution is -2.21. The molecule has 1 aromatic heterocycles. The molecule has 1 amide bonds. The number of carbonyl (C=O) groups excluding carboxylic acids is 1. The molecule has 0 spiro atoms. The van der Waals surface area contributed by atoms with Gasteiger partial charge >= 0.3 is 0 Å². The first kappa shape index (κ1) is 15.9. The molecule has 0 bridgehead atoms. The summed E-state index contributed by atoms with van der Waals surface area (Å²) >= 11 is 17.6. The molecule has 0 atom stereocenters. The maximum absolute atomic E-state index is 11.8. The average molecular weight is 349 g/mol. The summed E-state index contributed by atoms with van der Waals surface area (Å²) in [5.41, 5.74) is 1.76. The van der Waals surface area contributed by atoms with Gasteiger partial charge in [0.2, 0.25) is 0 Å². The summed E-state index contributed by atoms with van der Waals surface area (Å²) < 4.78 is 5.33. The van der Waals surface area contributed by atoms with Gasteiger partial charge in [0, 0.05) is 17.3 Å². The van der Waals surface area contributed by atoms with E-state index in [1.807, 2.05) is 13.8 Å². The van der Waals surface area contributed by atoms with E-state index >= 15 is 0 Å². The molecule has 0 radical (unpaired) electrons. The molecule has 112 valence electrons. The van der Waals surface area contributed by atoms with Gasteiger partial charge in [-0.15, -0.1) is 0 Å². The Kier molecular flexibility index (Phi) is 4.98. The Morgan fingerprint density at radius 2 is 1.90 bits per heavy atom. The Hall–Kier alpha value is -1.43. The van der Waals surface area contributed by atoms with E-state index in [2.05, 4.69) is 15.5 Å². The Bertz CT molecular complexity index is 686. The molecule has 21 heavy (non-hydrogen) atoms. The first-order valence-electron chi connectivity index (χ1n) is 5.97. The second-order valence-electron chi connectivity index (χ2n) is 4.36. The molecule has 0 aliphatic rings. The molecule has 1 heterocycles. The molecule has 0 saturated heterocycles. The summed E-state index contributed by atoms with van der Waals surface area (Å²) in [6.07, 6.45) is 0. The predicted octanol–water partition coefficient (Wildman–Crippen LogP) is 4.00. The minimum absolute atomic E-state index is 0.219. The second-order valence-corrected chi connectivity index (χ2v) is 5.58. The second kappa shape index (κ2) is 6.56. The predicted molar refractivity (Wildman–Crippen MR) is 83.7 cm³/mol. The number of aromatic nitrogens is 2. The fourth-order valence-electron chi connectivity index (χ4n) is 1.53. The molecule has 8 heteroatoms. The van der Waals surface area contributed by atoms with Crippen LogP contribution in [0.4, 0.5) is 5.82 Å². The normalized spacial score (nSPS) is 10.5. The third-order valence-electron chi connectivity index (χ3n) is 2.84. The Morgan fingerprint density at radius 3 is 2.52 bits per heavy atom. The molecule has 2 aromatic rings. The standard InChI is InChI=1S/C13H12Cl3N3O2/c1-6-7(2)18-19-13(6)17-12(20)5-21-11-4-9(15)8(14)3-10(11)16/h3-4H,5H2,1-2H3,(H2,17,18,19,20). The maximum Gasteiger partial charge on any atom is 0.263 e. The Labute approximate surface area is 136 Å². The van der Waals surface area contributed by atoms with Gasteiger partial charge in [-0.1, -0.05) is 34.8 Å². The van der Waals surface area contributed by atoms with Crippen molar-refractivity contribution in [2.45, 2.75) is 13.8 Å². The molecule has 0 saturated carbocycles. The van der Waals surface area contributed by atoms with Gasteiger partial charge in [-0.05, 0) is 19.9 Å². The summed E-state index contributed by atoms with van der Waals surface area (Å²) in [4.78, 5) is 11.8. The number of aromatic amines is 1. The molecule has 0 aliphatic heterocycles. The number of H-pyrrole nitrogens is 1. The third kappa shape index (κ3) is 3.81. The smallest absolute Gasteiger partial charge is 0.263 e. The van der Waals surface area contributed by atoms with Crippen LogP contribution in [-0.2, 0) is 4.79 Å². The monoisotopic (exact) mass is 347 g/mol. The van der Waals surface area contributed by atoms with Crippen LogP contribution in [-0.4, -0.2) is 22.7 Å². The van der Waals surface area contributed by atoms with E-state index in [0.29, 0.717) is 15.9 Å². The van der Waals surface area contributed by atoms with Crippen molar-refractivity contribution in [1.29, 1.82) is 0 Å². The number of amides is 1. The van der Waals surface area contributed by atoms with Gasteiger partial charge in [0.1, 0.15) is 5.75 Å². The van der Waals surface area contributed by atoms with E-state index in [1.54, 1.807) is 0 Å². The summed E-state index contributed by atoms with van der Waals surface area (Å²) in [7, 11) is 0. The van der Waals surface area contributed by atoms with Gasteiger partial charge in [-0.25, -0.2) is 0 Å². The van der Waals surface area contributed by atoms with Crippen molar-refractivity contribution >= 4 is 46.5 Å². The van der Waals surface area contributed by atoms with E-state index in [-0.39, 0.29) is 23.3 Å². The van der Waals surface area contributed by atoms with Gasteiger partial charge in [-0.3, -0.25) is 9.89 Å². The number of benzene rings is 1. The molecular weight excluding hydrogens is 337 g/mol. The fraction of sp³-hybridized carbons (Fsp3) is 0.231. The number of rotatable bonds is 4. The lowest BCUT2D eigenvalue weighted by Gasteiger charge is -2.09. The van der Waals surface area contributed by atoms with Gasteiger partial charge in [0.05, 0.1) is 15.1 Å². The average Bonchev–Trinajstić information content (AvgIpc) is 2.73. The highest BCUT2D eigenvalue weighted by Gasteiger charge is 2.12. The molecule has 0 aliphatic carbocycles. The number of nitrogens with one attached hydrogen (secondary N) is 2. The number of halogens is 3. The summed E-state index contributed by atoms with van der Waals surface area (Å²) in [6, 6.07) is 2.92. The van der Waals surface area contributed by atoms with Crippen LogP contribution in [0.3, 0.4) is 0 Å². The number of carbonyl (C=O) groups is 1. The molecular formula is C13H12Cl3N3O2. The SMILES string of the molecule is Cc1[nH]nc(NC(=O)COc2cc(Cl)c(Cl)cc2Cl)c1C. The van der Waals surface area contributed by atoms with Crippen LogP contribution in [0.15, 0.2) is 12.1 Å². The summed E-state index contributed by atoms with van der Waals surface area (Å²) in [5, 5.41) is 10.3. The number of nitrogens with zero attached hydrogens (tertiary/aromatic N) is 1. The number of hydrogen-bond donors (Lipinski definition) is 2. The number of hydrogen-bond acceptors (Lipinski definition) is 3. The zero-order valence-corrected chi connectivity index (χ0v) is 13.5. The van der Waals surface area contributed by atoms with Crippen molar-refractivity contribution in [3.63, 3.8) is 0 Å². The zero-order valence-electron chi connectivity index (χ0n) is 11.3. The molecule has 2 rings (SSSR count). The van der Waals surface area contributed by atoms with Crippen LogP contribution in [0.5, 0.6) is 5.75 Å².